The number of sulfonamides is 1. The highest BCUT2D eigenvalue weighted by atomic mass is 32.2. The summed E-state index contributed by atoms with van der Waals surface area (Å²) in [4.78, 5) is 11.0. The highest BCUT2D eigenvalue weighted by molar-refractivity contribution is 7.89. The minimum Gasteiger partial charge on any atom is -0.478 e. The smallest absolute Gasteiger partial charge is 0.335 e. The number of carboxylic acids is 1. The van der Waals surface area contributed by atoms with Crippen molar-refractivity contribution in [2.24, 2.45) is 0 Å². The molecule has 1 aromatic heterocycles. The Morgan fingerprint density at radius 2 is 2.00 bits per heavy atom. The predicted molar refractivity (Wildman–Crippen MR) is 96.8 cm³/mol. The molecule has 0 amide bonds. The van der Waals surface area contributed by atoms with E-state index in [-0.39, 0.29) is 16.5 Å². The highest BCUT2D eigenvalue weighted by Crippen LogP contribution is 2.30. The van der Waals surface area contributed by atoms with Crippen LogP contribution < -0.4 is 0 Å². The molecule has 7 nitrogen and oxygen atoms in total. The van der Waals surface area contributed by atoms with E-state index in [1.54, 1.807) is 37.3 Å². The Labute approximate surface area is 153 Å². The SMILES string of the molecule is CCn1nc(C)cc1S(=O)(=O)N1CCC[C@@H](c2ccc(C(=O)O)cc2)C1. The molecule has 8 heteroatoms. The summed E-state index contributed by atoms with van der Waals surface area (Å²) in [5.41, 5.74) is 1.88. The normalized spacial score (nSPS) is 18.8. The molecule has 0 bridgehead atoms. The molecule has 140 valence electrons. The molecule has 1 atom stereocenters. The lowest BCUT2D eigenvalue weighted by Gasteiger charge is -2.32. The second-order valence-corrected chi connectivity index (χ2v) is 8.45. The van der Waals surface area contributed by atoms with E-state index in [9.17, 15) is 13.2 Å². The van der Waals surface area contributed by atoms with Gasteiger partial charge in [0.05, 0.1) is 11.3 Å². The topological polar surface area (TPSA) is 92.5 Å². The monoisotopic (exact) mass is 377 g/mol. The number of aromatic nitrogens is 2. The number of hydrogen-bond donors (Lipinski definition) is 1. The van der Waals surface area contributed by atoms with Gasteiger partial charge in [0, 0.05) is 19.6 Å². The molecule has 1 N–H and O–H groups in total. The molecule has 3 rings (SSSR count). The van der Waals surface area contributed by atoms with Crippen LogP contribution in [0.3, 0.4) is 0 Å². The molecular weight excluding hydrogens is 354 g/mol. The van der Waals surface area contributed by atoms with Gasteiger partial charge in [-0.3, -0.25) is 4.68 Å². The predicted octanol–water partition coefficient (Wildman–Crippen LogP) is 2.48. The molecule has 1 aliphatic rings. The van der Waals surface area contributed by atoms with Crippen molar-refractivity contribution >= 4 is 16.0 Å². The Balaban J connectivity index is 1.84. The van der Waals surface area contributed by atoms with Crippen LogP contribution in [-0.4, -0.2) is 46.7 Å². The second-order valence-electron chi connectivity index (χ2n) is 6.57. The first kappa shape index (κ1) is 18.6. The van der Waals surface area contributed by atoms with Crippen molar-refractivity contribution in [1.29, 1.82) is 0 Å². The van der Waals surface area contributed by atoms with Crippen molar-refractivity contribution in [3.8, 4) is 0 Å². The van der Waals surface area contributed by atoms with Gasteiger partial charge in [-0.05, 0) is 56.4 Å². The first-order chi connectivity index (χ1) is 12.3. The lowest BCUT2D eigenvalue weighted by molar-refractivity contribution is 0.0697. The summed E-state index contributed by atoms with van der Waals surface area (Å²) >= 11 is 0. The van der Waals surface area contributed by atoms with Crippen molar-refractivity contribution in [2.75, 3.05) is 13.1 Å². The zero-order valence-corrected chi connectivity index (χ0v) is 15.7. The first-order valence-corrected chi connectivity index (χ1v) is 10.1. The fourth-order valence-electron chi connectivity index (χ4n) is 3.42. The molecule has 0 radical (unpaired) electrons. The fraction of sp³-hybridized carbons (Fsp3) is 0.444. The van der Waals surface area contributed by atoms with Crippen molar-refractivity contribution in [1.82, 2.24) is 14.1 Å². The van der Waals surface area contributed by atoms with Crippen LogP contribution in [0.25, 0.3) is 0 Å². The van der Waals surface area contributed by atoms with E-state index in [4.69, 9.17) is 5.11 Å². The number of carbonyl (C=O) groups is 1. The minimum atomic E-state index is -3.61. The summed E-state index contributed by atoms with van der Waals surface area (Å²) in [6.45, 7) is 5.03. The number of carboxylic acid groups (broad SMARTS) is 1. The zero-order valence-electron chi connectivity index (χ0n) is 14.9. The summed E-state index contributed by atoms with van der Waals surface area (Å²) < 4.78 is 29.2. The number of aromatic carboxylic acids is 1. The van der Waals surface area contributed by atoms with Gasteiger partial charge in [0.15, 0.2) is 5.03 Å². The largest absolute Gasteiger partial charge is 0.478 e. The van der Waals surface area contributed by atoms with Gasteiger partial charge in [-0.15, -0.1) is 0 Å². The molecule has 1 aliphatic heterocycles. The molecule has 1 fully saturated rings. The van der Waals surface area contributed by atoms with E-state index in [2.05, 4.69) is 5.10 Å². The van der Waals surface area contributed by atoms with E-state index in [0.29, 0.717) is 25.3 Å². The van der Waals surface area contributed by atoms with E-state index in [1.165, 1.54) is 8.99 Å². The number of aryl methyl sites for hydroxylation is 2. The average Bonchev–Trinajstić information content (AvgIpc) is 3.03. The van der Waals surface area contributed by atoms with Gasteiger partial charge >= 0.3 is 5.97 Å². The number of benzene rings is 1. The fourth-order valence-corrected chi connectivity index (χ4v) is 5.18. The number of piperidine rings is 1. The van der Waals surface area contributed by atoms with Gasteiger partial charge in [-0.1, -0.05) is 12.1 Å². The van der Waals surface area contributed by atoms with Crippen LogP contribution in [0.2, 0.25) is 0 Å². The number of nitrogens with zero attached hydrogens (tertiary/aromatic N) is 3. The summed E-state index contributed by atoms with van der Waals surface area (Å²) in [6, 6.07) is 8.32. The maximum absolute atomic E-state index is 13.1. The van der Waals surface area contributed by atoms with E-state index in [0.717, 1.165) is 18.4 Å². The van der Waals surface area contributed by atoms with Crippen LogP contribution in [-0.2, 0) is 16.6 Å². The molecule has 0 saturated carbocycles. The number of hydrogen-bond acceptors (Lipinski definition) is 4. The van der Waals surface area contributed by atoms with Crippen molar-refractivity contribution < 1.29 is 18.3 Å². The summed E-state index contributed by atoms with van der Waals surface area (Å²) in [5, 5.41) is 13.5. The summed E-state index contributed by atoms with van der Waals surface area (Å²) in [7, 11) is -3.61. The summed E-state index contributed by atoms with van der Waals surface area (Å²) in [6.07, 6.45) is 1.65. The van der Waals surface area contributed by atoms with E-state index in [1.807, 2.05) is 6.92 Å². The lowest BCUT2D eigenvalue weighted by Crippen LogP contribution is -2.39. The Kier molecular flexibility index (Phi) is 5.15. The standard InChI is InChI=1S/C18H23N3O4S/c1-3-21-17(11-13(2)19-21)26(24,25)20-10-4-5-16(12-20)14-6-8-15(9-7-14)18(22)23/h6-9,11,16H,3-5,10,12H2,1-2H3,(H,22,23)/t16-/m1/s1. The third kappa shape index (κ3) is 3.52. The van der Waals surface area contributed by atoms with Crippen LogP contribution in [0.15, 0.2) is 35.4 Å². The molecule has 0 aliphatic carbocycles. The molecule has 0 unspecified atom stereocenters. The highest BCUT2D eigenvalue weighted by Gasteiger charge is 2.33. The Morgan fingerprint density at radius 3 is 2.62 bits per heavy atom. The van der Waals surface area contributed by atoms with Crippen LogP contribution >= 0.6 is 0 Å². The first-order valence-electron chi connectivity index (χ1n) is 8.70. The van der Waals surface area contributed by atoms with Gasteiger partial charge in [0.1, 0.15) is 0 Å². The molecule has 2 aromatic rings. The molecule has 26 heavy (non-hydrogen) atoms. The Bertz CT molecular complexity index is 903. The van der Waals surface area contributed by atoms with Crippen LogP contribution in [0, 0.1) is 6.92 Å². The van der Waals surface area contributed by atoms with E-state index >= 15 is 0 Å². The zero-order chi connectivity index (χ0) is 18.9. The van der Waals surface area contributed by atoms with Crippen molar-refractivity contribution in [3.05, 3.63) is 47.2 Å². The van der Waals surface area contributed by atoms with Crippen molar-refractivity contribution in [2.45, 2.75) is 44.2 Å². The van der Waals surface area contributed by atoms with Crippen LogP contribution in [0.4, 0.5) is 0 Å². The Morgan fingerprint density at radius 1 is 1.31 bits per heavy atom. The second kappa shape index (κ2) is 7.20. The van der Waals surface area contributed by atoms with Gasteiger partial charge in [-0.2, -0.15) is 9.40 Å². The van der Waals surface area contributed by atoms with Gasteiger partial charge < -0.3 is 5.11 Å². The maximum Gasteiger partial charge on any atom is 0.335 e. The van der Waals surface area contributed by atoms with Crippen molar-refractivity contribution in [3.63, 3.8) is 0 Å². The summed E-state index contributed by atoms with van der Waals surface area (Å²) in [5.74, 6) is -0.909. The lowest BCUT2D eigenvalue weighted by atomic mass is 9.91. The minimum absolute atomic E-state index is 0.0560. The van der Waals surface area contributed by atoms with Crippen LogP contribution in [0.1, 0.15) is 47.3 Å². The number of rotatable bonds is 5. The Hall–Kier alpha value is -2.19. The molecule has 2 heterocycles. The van der Waals surface area contributed by atoms with E-state index < -0.39 is 16.0 Å². The molecular formula is C18H23N3O4S. The molecule has 1 saturated heterocycles. The van der Waals surface area contributed by atoms with Gasteiger partial charge in [0.25, 0.3) is 10.0 Å². The van der Waals surface area contributed by atoms with Gasteiger partial charge in [0.2, 0.25) is 0 Å². The molecule has 1 aromatic carbocycles. The third-order valence-corrected chi connectivity index (χ3v) is 6.65. The quantitative estimate of drug-likeness (QED) is 0.864. The van der Waals surface area contributed by atoms with Crippen LogP contribution in [0.5, 0.6) is 0 Å². The third-order valence-electron chi connectivity index (χ3n) is 4.78. The van der Waals surface area contributed by atoms with Gasteiger partial charge in [-0.25, -0.2) is 13.2 Å². The average molecular weight is 377 g/mol. The maximum atomic E-state index is 13.1. The molecule has 0 spiro atoms.